The molecule has 35 heavy (non-hydrogen) atoms. The van der Waals surface area contributed by atoms with E-state index in [1.165, 1.54) is 11.3 Å². The maximum Gasteiger partial charge on any atom is 0.333 e. The summed E-state index contributed by atoms with van der Waals surface area (Å²) in [5, 5.41) is 4.80. The predicted molar refractivity (Wildman–Crippen MR) is 134 cm³/mol. The second-order valence-electron chi connectivity index (χ2n) is 9.53. The van der Waals surface area contributed by atoms with E-state index in [1.807, 2.05) is 53.9 Å². The van der Waals surface area contributed by atoms with Gasteiger partial charge in [-0.15, -0.1) is 11.3 Å². The fraction of sp³-hybridized carbons (Fsp3) is 0.321. The summed E-state index contributed by atoms with van der Waals surface area (Å²) in [5.41, 5.74) is 1.17. The fourth-order valence-electron chi connectivity index (χ4n) is 5.34. The minimum absolute atomic E-state index is 0.155. The van der Waals surface area contributed by atoms with Crippen molar-refractivity contribution < 1.29 is 23.6 Å². The maximum atomic E-state index is 13.5. The number of piperidine rings is 3. The number of hydrogen-bond donors (Lipinski definition) is 1. The zero-order chi connectivity index (χ0) is 24.3. The summed E-state index contributed by atoms with van der Waals surface area (Å²) in [6, 6.07) is 20.9. The number of fused-ring (bicyclic) bond motifs is 3. The van der Waals surface area contributed by atoms with Crippen molar-refractivity contribution in [3.8, 4) is 0 Å². The number of benzene rings is 2. The Kier molecular flexibility index (Phi) is 6.79. The average Bonchev–Trinajstić information content (AvgIpc) is 3.44. The molecule has 4 heterocycles. The number of Topliss-reactive ketones (excluding diaryl/α,β-unsaturated/α-hetero) is 1. The van der Waals surface area contributed by atoms with E-state index in [0.717, 1.165) is 30.8 Å². The first-order valence-corrected chi connectivity index (χ1v) is 12.9. The highest BCUT2D eigenvalue weighted by molar-refractivity contribution is 7.12. The van der Waals surface area contributed by atoms with Crippen molar-refractivity contribution >= 4 is 29.0 Å². The van der Waals surface area contributed by atoms with Gasteiger partial charge in [-0.1, -0.05) is 54.6 Å². The van der Waals surface area contributed by atoms with Gasteiger partial charge < -0.3 is 14.5 Å². The largest absolute Gasteiger partial charge is 0.454 e. The molecule has 0 saturated carbocycles. The standard InChI is InChI=1S/C28H28N2O4S/c31-23(25-12-7-17-35-25)18-30-15-13-20(14-16-30)24(19-30)34-28(33)26(21-8-3-1-4-9-21)29-27(32)22-10-5-2-6-11-22/h1-12,17,20,24,26H,13-16,18-19H2/p+1. The number of ether oxygens (including phenoxy) is 1. The second kappa shape index (κ2) is 10.1. The molecular weight excluding hydrogens is 460 g/mol. The number of thiophene rings is 1. The number of rotatable bonds is 8. The molecule has 1 aromatic heterocycles. The van der Waals surface area contributed by atoms with Gasteiger partial charge >= 0.3 is 5.97 Å². The van der Waals surface area contributed by atoms with Crippen LogP contribution in [-0.2, 0) is 9.53 Å². The van der Waals surface area contributed by atoms with Crippen molar-refractivity contribution in [2.45, 2.75) is 25.0 Å². The molecule has 3 aliphatic heterocycles. The zero-order valence-electron chi connectivity index (χ0n) is 19.5. The smallest absolute Gasteiger partial charge is 0.333 e. The van der Waals surface area contributed by atoms with Gasteiger partial charge in [-0.25, -0.2) is 4.79 Å². The van der Waals surface area contributed by atoms with Gasteiger partial charge in [0.25, 0.3) is 5.91 Å². The second-order valence-corrected chi connectivity index (χ2v) is 10.5. The highest BCUT2D eigenvalue weighted by atomic mass is 32.1. The number of quaternary nitrogens is 1. The monoisotopic (exact) mass is 489 g/mol. The van der Waals surface area contributed by atoms with Crippen molar-refractivity contribution in [1.29, 1.82) is 0 Å². The number of esters is 1. The van der Waals surface area contributed by atoms with E-state index in [0.29, 0.717) is 28.7 Å². The van der Waals surface area contributed by atoms with Gasteiger partial charge in [0.05, 0.1) is 18.0 Å². The van der Waals surface area contributed by atoms with Gasteiger partial charge in [-0.3, -0.25) is 9.59 Å². The van der Waals surface area contributed by atoms with Gasteiger partial charge in [0, 0.05) is 24.3 Å². The van der Waals surface area contributed by atoms with Crippen molar-refractivity contribution in [3.63, 3.8) is 0 Å². The predicted octanol–water partition coefficient (Wildman–Crippen LogP) is 4.25. The number of carbonyl (C=O) groups excluding carboxylic acids is 3. The molecule has 2 aromatic carbocycles. The lowest BCUT2D eigenvalue weighted by Crippen LogP contribution is -2.65. The van der Waals surface area contributed by atoms with Crippen LogP contribution in [0.25, 0.3) is 0 Å². The van der Waals surface area contributed by atoms with Crippen LogP contribution in [0, 0.1) is 5.92 Å². The molecule has 0 radical (unpaired) electrons. The third kappa shape index (κ3) is 5.21. The van der Waals surface area contributed by atoms with Gasteiger partial charge in [0.1, 0.15) is 13.1 Å². The van der Waals surface area contributed by atoms with Crippen LogP contribution >= 0.6 is 11.3 Å². The Morgan fingerprint density at radius 3 is 2.29 bits per heavy atom. The molecule has 3 aliphatic rings. The first kappa shape index (κ1) is 23.5. The number of carbonyl (C=O) groups is 3. The Hall–Kier alpha value is -3.29. The van der Waals surface area contributed by atoms with Crippen LogP contribution in [0.2, 0.25) is 0 Å². The third-order valence-corrected chi connectivity index (χ3v) is 8.17. The molecule has 2 atom stereocenters. The summed E-state index contributed by atoms with van der Waals surface area (Å²) in [6.07, 6.45) is 1.60. The van der Waals surface area contributed by atoms with Gasteiger partial charge in [0.2, 0.25) is 5.78 Å². The molecule has 0 aliphatic carbocycles. The Labute approximate surface area is 209 Å². The van der Waals surface area contributed by atoms with Crippen LogP contribution in [0.1, 0.15) is 44.5 Å². The van der Waals surface area contributed by atoms with Crippen molar-refractivity contribution in [2.75, 3.05) is 26.2 Å². The number of nitrogens with one attached hydrogen (secondary N) is 1. The minimum atomic E-state index is -0.902. The van der Waals surface area contributed by atoms with Crippen LogP contribution in [-0.4, -0.2) is 54.4 Å². The van der Waals surface area contributed by atoms with E-state index >= 15 is 0 Å². The van der Waals surface area contributed by atoms with E-state index in [4.69, 9.17) is 4.74 Å². The molecule has 3 aromatic rings. The first-order chi connectivity index (χ1) is 17.0. The SMILES string of the molecule is O=C(NC(C(=O)OC1C[N+]2(CC(=O)c3cccs3)CCC1CC2)c1ccccc1)c1ccccc1. The molecule has 6 rings (SSSR count). The quantitative estimate of drug-likeness (QED) is 0.292. The highest BCUT2D eigenvalue weighted by Crippen LogP contribution is 2.36. The van der Waals surface area contributed by atoms with E-state index in [-0.39, 0.29) is 23.7 Å². The first-order valence-electron chi connectivity index (χ1n) is 12.1. The topological polar surface area (TPSA) is 72.5 Å². The normalized spacial score (nSPS) is 23.9. The molecule has 2 bridgehead atoms. The highest BCUT2D eigenvalue weighted by Gasteiger charge is 2.49. The zero-order valence-corrected chi connectivity index (χ0v) is 20.3. The lowest BCUT2D eigenvalue weighted by molar-refractivity contribution is -0.938. The Bertz CT molecular complexity index is 1170. The van der Waals surface area contributed by atoms with Gasteiger partial charge in [-0.2, -0.15) is 0 Å². The van der Waals surface area contributed by atoms with Gasteiger partial charge in [0.15, 0.2) is 12.1 Å². The Balaban J connectivity index is 1.31. The van der Waals surface area contributed by atoms with E-state index in [2.05, 4.69) is 5.32 Å². The minimum Gasteiger partial charge on any atom is -0.454 e. The molecule has 1 amide bonds. The lowest BCUT2D eigenvalue weighted by Gasteiger charge is -2.51. The summed E-state index contributed by atoms with van der Waals surface area (Å²) < 4.78 is 6.76. The number of nitrogens with zero attached hydrogens (tertiary/aromatic N) is 1. The third-order valence-electron chi connectivity index (χ3n) is 7.26. The van der Waals surface area contributed by atoms with Crippen LogP contribution < -0.4 is 5.32 Å². The molecule has 0 spiro atoms. The summed E-state index contributed by atoms with van der Waals surface area (Å²) in [4.78, 5) is 40.0. The molecule has 1 N–H and O–H groups in total. The summed E-state index contributed by atoms with van der Waals surface area (Å²) in [5.74, 6) is -0.336. The Morgan fingerprint density at radius 2 is 1.63 bits per heavy atom. The summed E-state index contributed by atoms with van der Waals surface area (Å²) in [7, 11) is 0. The molecule has 180 valence electrons. The molecular formula is C28H29N2O4S+. The molecule has 2 unspecified atom stereocenters. The number of hydrogen-bond acceptors (Lipinski definition) is 5. The molecule has 7 heteroatoms. The van der Waals surface area contributed by atoms with E-state index in [1.54, 1.807) is 24.3 Å². The summed E-state index contributed by atoms with van der Waals surface area (Å²) >= 11 is 1.47. The molecule has 3 saturated heterocycles. The van der Waals surface area contributed by atoms with Crippen molar-refractivity contribution in [2.24, 2.45) is 5.92 Å². The van der Waals surface area contributed by atoms with Crippen molar-refractivity contribution in [3.05, 3.63) is 94.2 Å². The van der Waals surface area contributed by atoms with Crippen LogP contribution in [0.5, 0.6) is 0 Å². The van der Waals surface area contributed by atoms with E-state index in [9.17, 15) is 14.4 Å². The van der Waals surface area contributed by atoms with E-state index < -0.39 is 12.0 Å². The maximum absolute atomic E-state index is 13.5. The number of ketones is 1. The average molecular weight is 490 g/mol. The van der Waals surface area contributed by atoms with Crippen LogP contribution in [0.4, 0.5) is 0 Å². The molecule has 3 fully saturated rings. The lowest BCUT2D eigenvalue weighted by atomic mass is 9.83. The molecule has 6 nitrogen and oxygen atoms in total. The van der Waals surface area contributed by atoms with Crippen molar-refractivity contribution in [1.82, 2.24) is 5.32 Å². The Morgan fingerprint density at radius 1 is 0.943 bits per heavy atom. The van der Waals surface area contributed by atoms with Crippen LogP contribution in [0.3, 0.4) is 0 Å². The van der Waals surface area contributed by atoms with Crippen LogP contribution in [0.15, 0.2) is 78.2 Å². The van der Waals surface area contributed by atoms with Gasteiger partial charge in [-0.05, 0) is 29.1 Å². The fourth-order valence-corrected chi connectivity index (χ4v) is 6.00. The summed E-state index contributed by atoms with van der Waals surface area (Å²) in [6.45, 7) is 2.95. The number of amides is 1.